The number of urea groups is 1. The van der Waals surface area contributed by atoms with Crippen LogP contribution in [-0.4, -0.2) is 31.9 Å². The molecule has 202 valence electrons. The second kappa shape index (κ2) is 10.8. The van der Waals surface area contributed by atoms with Crippen molar-refractivity contribution >= 4 is 11.7 Å². The number of nitrogens with one attached hydrogen (secondary N) is 1. The molecule has 0 unspecified atom stereocenters. The number of carbonyl (C=O) groups is 1. The summed E-state index contributed by atoms with van der Waals surface area (Å²) in [6.45, 7) is 7.04. The highest BCUT2D eigenvalue weighted by Crippen LogP contribution is 2.39. The third-order valence-corrected chi connectivity index (χ3v) is 7.35. The molecule has 7 heteroatoms. The van der Waals surface area contributed by atoms with Crippen LogP contribution in [0.15, 0.2) is 97.2 Å². The summed E-state index contributed by atoms with van der Waals surface area (Å²) in [4.78, 5) is 16.2. The smallest absolute Gasteiger partial charge is 0.323 e. The van der Waals surface area contributed by atoms with E-state index in [1.165, 1.54) is 0 Å². The fraction of sp³-hybridized carbons (Fsp3) is 0.212. The van der Waals surface area contributed by atoms with Crippen LogP contribution in [0, 0.1) is 6.92 Å². The van der Waals surface area contributed by atoms with Crippen LogP contribution in [0.2, 0.25) is 0 Å². The molecule has 1 atom stereocenters. The van der Waals surface area contributed by atoms with E-state index in [0.717, 1.165) is 46.0 Å². The maximum absolute atomic E-state index is 14.3. The molecule has 7 nitrogen and oxygen atoms in total. The van der Waals surface area contributed by atoms with Gasteiger partial charge in [-0.1, -0.05) is 67.1 Å². The number of benzene rings is 3. The lowest BCUT2D eigenvalue weighted by Gasteiger charge is -2.31. The molecule has 2 amide bonds. The van der Waals surface area contributed by atoms with Gasteiger partial charge in [0.25, 0.3) is 0 Å². The van der Waals surface area contributed by atoms with Crippen molar-refractivity contribution in [1.82, 2.24) is 19.2 Å². The molecule has 0 saturated heterocycles. The minimum Gasteiger partial charge on any atom is -0.492 e. The number of carbonyl (C=O) groups excluding carboxylic acids is 1. The number of rotatable bonds is 6. The van der Waals surface area contributed by atoms with Crippen molar-refractivity contribution in [3.8, 4) is 17.3 Å². The highest BCUT2D eigenvalue weighted by molar-refractivity contribution is 5.91. The van der Waals surface area contributed by atoms with E-state index >= 15 is 0 Å². The van der Waals surface area contributed by atoms with E-state index in [0.29, 0.717) is 24.6 Å². The lowest BCUT2D eigenvalue weighted by molar-refractivity contribution is 0.194. The molecule has 2 aromatic heterocycles. The van der Waals surface area contributed by atoms with Gasteiger partial charge in [-0.15, -0.1) is 0 Å². The highest BCUT2D eigenvalue weighted by atomic mass is 16.5. The summed E-state index contributed by atoms with van der Waals surface area (Å²) in [6, 6.07) is 29.8. The Hall–Kier alpha value is -4.78. The van der Waals surface area contributed by atoms with Gasteiger partial charge in [0.2, 0.25) is 0 Å². The quantitative estimate of drug-likeness (QED) is 0.255. The fourth-order valence-corrected chi connectivity index (χ4v) is 5.58. The van der Waals surface area contributed by atoms with Crippen molar-refractivity contribution in [3.05, 3.63) is 125 Å². The standard InChI is InChI=1S/C33H33N5O2/c1-4-27-26-22-37(33(39)34-28-17-9-10-19-30(28)40-5-2)31(24-14-11-13-23(3)21-24)29-18-12-20-36(29)32(26)38(35-27)25-15-7-6-8-16-25/h6-21,31H,4-5,22H2,1-3H3,(H,34,39)/t31-/m0/s1. The number of ether oxygens (including phenoxy) is 1. The molecule has 0 saturated carbocycles. The zero-order valence-electron chi connectivity index (χ0n) is 23.0. The maximum Gasteiger partial charge on any atom is 0.323 e. The number of fused-ring (bicyclic) bond motifs is 3. The Balaban J connectivity index is 1.54. The number of aryl methyl sites for hydroxylation is 2. The maximum atomic E-state index is 14.3. The van der Waals surface area contributed by atoms with Crippen LogP contribution in [-0.2, 0) is 13.0 Å². The summed E-state index contributed by atoms with van der Waals surface area (Å²) in [5.74, 6) is 1.61. The van der Waals surface area contributed by atoms with Crippen LogP contribution in [0.4, 0.5) is 10.5 Å². The van der Waals surface area contributed by atoms with Gasteiger partial charge in [0, 0.05) is 11.8 Å². The first-order chi connectivity index (χ1) is 19.6. The van der Waals surface area contributed by atoms with Crippen LogP contribution in [0.1, 0.15) is 48.0 Å². The topological polar surface area (TPSA) is 64.3 Å². The fourth-order valence-electron chi connectivity index (χ4n) is 5.58. The van der Waals surface area contributed by atoms with E-state index < -0.39 is 0 Å². The van der Waals surface area contributed by atoms with Crippen molar-refractivity contribution < 1.29 is 9.53 Å². The molecule has 0 radical (unpaired) electrons. The van der Waals surface area contributed by atoms with E-state index in [9.17, 15) is 4.79 Å². The van der Waals surface area contributed by atoms with E-state index in [2.05, 4.69) is 72.4 Å². The predicted octanol–water partition coefficient (Wildman–Crippen LogP) is 7.07. The predicted molar refractivity (Wildman–Crippen MR) is 157 cm³/mol. The summed E-state index contributed by atoms with van der Waals surface area (Å²) in [7, 11) is 0. The van der Waals surface area contributed by atoms with Gasteiger partial charge >= 0.3 is 6.03 Å². The Kier molecular flexibility index (Phi) is 6.86. The van der Waals surface area contributed by atoms with E-state index in [4.69, 9.17) is 9.84 Å². The zero-order chi connectivity index (χ0) is 27.6. The average molecular weight is 532 g/mol. The van der Waals surface area contributed by atoms with Crippen LogP contribution >= 0.6 is 0 Å². The lowest BCUT2D eigenvalue weighted by Crippen LogP contribution is -2.38. The summed E-state index contributed by atoms with van der Waals surface area (Å²) in [6.07, 6.45) is 2.82. The molecule has 1 aliphatic rings. The normalized spacial score (nSPS) is 14.3. The molecule has 0 aliphatic carbocycles. The summed E-state index contributed by atoms with van der Waals surface area (Å²) in [5.41, 5.74) is 6.82. The number of para-hydroxylation sites is 3. The van der Waals surface area contributed by atoms with Crippen LogP contribution < -0.4 is 10.1 Å². The highest BCUT2D eigenvalue weighted by Gasteiger charge is 2.36. The van der Waals surface area contributed by atoms with Gasteiger partial charge < -0.3 is 19.5 Å². The van der Waals surface area contributed by atoms with Crippen molar-refractivity contribution in [3.63, 3.8) is 0 Å². The molecular formula is C33H33N5O2. The molecule has 0 spiro atoms. The molecule has 5 aromatic rings. The van der Waals surface area contributed by atoms with E-state index in [-0.39, 0.29) is 12.1 Å². The monoisotopic (exact) mass is 531 g/mol. The van der Waals surface area contributed by atoms with Gasteiger partial charge in [-0.3, -0.25) is 0 Å². The van der Waals surface area contributed by atoms with Gasteiger partial charge in [-0.25, -0.2) is 9.48 Å². The number of aromatic nitrogens is 3. The Morgan fingerprint density at radius 1 is 0.975 bits per heavy atom. The van der Waals surface area contributed by atoms with Crippen molar-refractivity contribution in [2.45, 2.75) is 39.8 Å². The average Bonchev–Trinajstić information content (AvgIpc) is 3.55. The van der Waals surface area contributed by atoms with Crippen molar-refractivity contribution in [2.24, 2.45) is 0 Å². The molecule has 3 heterocycles. The molecule has 0 fully saturated rings. The van der Waals surface area contributed by atoms with Crippen molar-refractivity contribution in [1.29, 1.82) is 0 Å². The Bertz CT molecular complexity index is 1650. The summed E-state index contributed by atoms with van der Waals surface area (Å²) < 4.78 is 10.0. The van der Waals surface area contributed by atoms with Crippen LogP contribution in [0.3, 0.4) is 0 Å². The van der Waals surface area contributed by atoms with Gasteiger partial charge in [0.15, 0.2) is 0 Å². The van der Waals surface area contributed by atoms with E-state index in [1.807, 2.05) is 65.0 Å². The lowest BCUT2D eigenvalue weighted by atomic mass is 10.00. The molecule has 1 aliphatic heterocycles. The first-order valence-corrected chi connectivity index (χ1v) is 13.8. The third kappa shape index (κ3) is 4.53. The molecule has 1 N–H and O–H groups in total. The first kappa shape index (κ1) is 25.5. The van der Waals surface area contributed by atoms with Gasteiger partial charge in [0.05, 0.1) is 42.0 Å². The van der Waals surface area contributed by atoms with Crippen molar-refractivity contribution in [2.75, 3.05) is 11.9 Å². The van der Waals surface area contributed by atoms with E-state index in [1.54, 1.807) is 0 Å². The molecule has 6 rings (SSSR count). The third-order valence-electron chi connectivity index (χ3n) is 7.35. The summed E-state index contributed by atoms with van der Waals surface area (Å²) in [5, 5.41) is 8.21. The number of nitrogens with zero attached hydrogens (tertiary/aromatic N) is 4. The van der Waals surface area contributed by atoms with Gasteiger partial charge in [-0.05, 0) is 62.2 Å². The Labute approximate surface area is 234 Å². The van der Waals surface area contributed by atoms with Crippen LogP contribution in [0.5, 0.6) is 5.75 Å². The largest absolute Gasteiger partial charge is 0.492 e. The minimum absolute atomic E-state index is 0.200. The number of anilines is 1. The Morgan fingerprint density at radius 2 is 1.77 bits per heavy atom. The number of hydrogen-bond donors (Lipinski definition) is 1. The second-order valence-corrected chi connectivity index (χ2v) is 9.96. The van der Waals surface area contributed by atoms with Crippen LogP contribution in [0.25, 0.3) is 11.5 Å². The number of hydrogen-bond acceptors (Lipinski definition) is 3. The molecule has 0 bridgehead atoms. The minimum atomic E-state index is -0.324. The van der Waals surface area contributed by atoms with Gasteiger partial charge in [-0.2, -0.15) is 5.10 Å². The Morgan fingerprint density at radius 3 is 2.55 bits per heavy atom. The zero-order valence-corrected chi connectivity index (χ0v) is 23.0. The summed E-state index contributed by atoms with van der Waals surface area (Å²) >= 11 is 0. The molecular weight excluding hydrogens is 498 g/mol. The van der Waals surface area contributed by atoms with Gasteiger partial charge in [0.1, 0.15) is 11.6 Å². The molecule has 40 heavy (non-hydrogen) atoms. The first-order valence-electron chi connectivity index (χ1n) is 13.8. The second-order valence-electron chi connectivity index (χ2n) is 9.96. The molecule has 3 aromatic carbocycles. The number of amides is 2. The SMILES string of the molecule is CCOc1ccccc1NC(=O)N1Cc2c(CC)nn(-c3ccccc3)c2-n2cccc2[C@@H]1c1cccc(C)c1.